The number of carbonyl (C=O) groups is 1. The molecule has 5 nitrogen and oxygen atoms in total. The van der Waals surface area contributed by atoms with Crippen LogP contribution >= 0.6 is 0 Å². The molecule has 3 unspecified atom stereocenters. The maximum Gasteiger partial charge on any atom is 0.313 e. The first-order valence-electron chi connectivity index (χ1n) is 7.41. The molecule has 5 heteroatoms. The normalized spacial score (nSPS) is 23.1. The molecule has 1 aromatic rings. The molecular weight excluding hydrogens is 268 g/mol. The highest BCUT2D eigenvalue weighted by Crippen LogP contribution is 2.35. The summed E-state index contributed by atoms with van der Waals surface area (Å²) < 4.78 is 5.86. The fourth-order valence-electron chi connectivity index (χ4n) is 3.09. The Morgan fingerprint density at radius 3 is 2.57 bits per heavy atom. The molecule has 1 aromatic carbocycles. The van der Waals surface area contributed by atoms with Gasteiger partial charge in [0.2, 0.25) is 0 Å². The number of benzene rings is 1. The van der Waals surface area contributed by atoms with Crippen LogP contribution in [0.25, 0.3) is 0 Å². The second-order valence-corrected chi connectivity index (χ2v) is 5.76. The fraction of sp³-hybridized carbons (Fsp3) is 0.562. The van der Waals surface area contributed by atoms with E-state index >= 15 is 0 Å². The summed E-state index contributed by atoms with van der Waals surface area (Å²) in [7, 11) is 0. The minimum absolute atomic E-state index is 0.290. The fourth-order valence-corrected chi connectivity index (χ4v) is 3.09. The van der Waals surface area contributed by atoms with Crippen LogP contribution in [0.4, 0.5) is 4.79 Å². The summed E-state index contributed by atoms with van der Waals surface area (Å²) >= 11 is 0. The lowest BCUT2D eigenvalue weighted by atomic mass is 9.77. The van der Waals surface area contributed by atoms with E-state index in [1.54, 1.807) is 6.92 Å². The Kier molecular flexibility index (Phi) is 4.85. The molecule has 1 aliphatic heterocycles. The molecule has 1 heterocycles. The van der Waals surface area contributed by atoms with Gasteiger partial charge < -0.3 is 20.9 Å². The molecule has 1 fully saturated rings. The van der Waals surface area contributed by atoms with Crippen molar-refractivity contribution in [2.75, 3.05) is 6.61 Å². The van der Waals surface area contributed by atoms with E-state index in [-0.39, 0.29) is 6.10 Å². The standard InChI is InChI=1S/C16H24N2O3/c1-11-6-8-13(9-7-11)16(12(2)19,18-15(17)20)14-5-3-4-10-21-14/h6-9,12,14,19H,3-5,10H2,1-2H3,(H3,17,18,20). The van der Waals surface area contributed by atoms with Crippen LogP contribution < -0.4 is 11.1 Å². The van der Waals surface area contributed by atoms with Crippen molar-refractivity contribution < 1.29 is 14.6 Å². The second kappa shape index (κ2) is 6.45. The van der Waals surface area contributed by atoms with Crippen molar-refractivity contribution in [2.24, 2.45) is 5.73 Å². The summed E-state index contributed by atoms with van der Waals surface area (Å²) in [6.07, 6.45) is 1.67. The number of carbonyl (C=O) groups excluding carboxylic acids is 1. The smallest absolute Gasteiger partial charge is 0.313 e. The van der Waals surface area contributed by atoms with Crippen LogP contribution in [0.2, 0.25) is 0 Å². The highest BCUT2D eigenvalue weighted by Gasteiger charge is 2.47. The molecule has 1 aliphatic rings. The Morgan fingerprint density at radius 1 is 1.43 bits per heavy atom. The van der Waals surface area contributed by atoms with Crippen molar-refractivity contribution in [1.82, 2.24) is 5.32 Å². The lowest BCUT2D eigenvalue weighted by molar-refractivity contribution is -0.0846. The van der Waals surface area contributed by atoms with Gasteiger partial charge in [-0.05, 0) is 38.7 Å². The van der Waals surface area contributed by atoms with E-state index in [2.05, 4.69) is 5.32 Å². The van der Waals surface area contributed by atoms with E-state index < -0.39 is 17.7 Å². The number of hydrogen-bond donors (Lipinski definition) is 3. The highest BCUT2D eigenvalue weighted by atomic mass is 16.5. The molecule has 116 valence electrons. The van der Waals surface area contributed by atoms with Crippen LogP contribution in [0.15, 0.2) is 24.3 Å². The third-order valence-corrected chi connectivity index (χ3v) is 4.21. The average Bonchev–Trinajstić information content (AvgIpc) is 2.46. The van der Waals surface area contributed by atoms with Gasteiger partial charge in [-0.2, -0.15) is 0 Å². The number of urea groups is 1. The van der Waals surface area contributed by atoms with Gasteiger partial charge in [0, 0.05) is 6.61 Å². The number of aryl methyl sites for hydroxylation is 1. The molecule has 2 rings (SSSR count). The van der Waals surface area contributed by atoms with Crippen LogP contribution in [-0.2, 0) is 10.3 Å². The lowest BCUT2D eigenvalue weighted by Crippen LogP contribution is -2.62. The number of aliphatic hydroxyl groups excluding tert-OH is 1. The quantitative estimate of drug-likeness (QED) is 0.791. The zero-order chi connectivity index (χ0) is 15.5. The van der Waals surface area contributed by atoms with E-state index in [0.29, 0.717) is 6.61 Å². The van der Waals surface area contributed by atoms with Gasteiger partial charge in [0.05, 0.1) is 12.2 Å². The average molecular weight is 292 g/mol. The van der Waals surface area contributed by atoms with Crippen molar-refractivity contribution in [3.63, 3.8) is 0 Å². The van der Waals surface area contributed by atoms with Gasteiger partial charge in [-0.25, -0.2) is 4.79 Å². The van der Waals surface area contributed by atoms with Crippen molar-refractivity contribution in [2.45, 2.75) is 50.9 Å². The SMILES string of the molecule is Cc1ccc(C(NC(N)=O)(C(C)O)C2CCCCO2)cc1. The third-order valence-electron chi connectivity index (χ3n) is 4.21. The first kappa shape index (κ1) is 15.8. The maximum atomic E-state index is 11.5. The Labute approximate surface area is 125 Å². The van der Waals surface area contributed by atoms with Crippen molar-refractivity contribution >= 4 is 6.03 Å². The molecule has 0 spiro atoms. The number of hydrogen-bond acceptors (Lipinski definition) is 3. The topological polar surface area (TPSA) is 84.6 Å². The number of rotatable bonds is 4. The molecule has 3 atom stereocenters. The number of amides is 2. The molecule has 0 aromatic heterocycles. The third kappa shape index (κ3) is 3.19. The molecule has 4 N–H and O–H groups in total. The van der Waals surface area contributed by atoms with E-state index in [4.69, 9.17) is 10.5 Å². The molecule has 1 saturated heterocycles. The van der Waals surface area contributed by atoms with E-state index in [1.807, 2.05) is 31.2 Å². The van der Waals surface area contributed by atoms with Gasteiger partial charge in [0.1, 0.15) is 5.54 Å². The molecule has 0 radical (unpaired) electrons. The maximum absolute atomic E-state index is 11.5. The Morgan fingerprint density at radius 2 is 2.10 bits per heavy atom. The summed E-state index contributed by atoms with van der Waals surface area (Å²) in [5, 5.41) is 13.2. The molecule has 0 aliphatic carbocycles. The van der Waals surface area contributed by atoms with Crippen LogP contribution in [0, 0.1) is 6.92 Å². The zero-order valence-electron chi connectivity index (χ0n) is 12.6. The zero-order valence-corrected chi connectivity index (χ0v) is 12.6. The summed E-state index contributed by atoms with van der Waals surface area (Å²) in [5.41, 5.74) is 6.29. The predicted octanol–water partition coefficient (Wildman–Crippen LogP) is 1.81. The minimum atomic E-state index is -1.01. The monoisotopic (exact) mass is 292 g/mol. The van der Waals surface area contributed by atoms with Gasteiger partial charge in [0.15, 0.2) is 0 Å². The minimum Gasteiger partial charge on any atom is -0.390 e. The molecular formula is C16H24N2O3. The number of ether oxygens (including phenoxy) is 1. The van der Waals surface area contributed by atoms with Crippen molar-refractivity contribution in [3.05, 3.63) is 35.4 Å². The number of nitrogens with one attached hydrogen (secondary N) is 1. The second-order valence-electron chi connectivity index (χ2n) is 5.76. The molecule has 0 saturated carbocycles. The molecule has 0 bridgehead atoms. The number of aliphatic hydroxyl groups is 1. The van der Waals surface area contributed by atoms with Crippen molar-refractivity contribution in [1.29, 1.82) is 0 Å². The highest BCUT2D eigenvalue weighted by molar-refractivity contribution is 5.73. The van der Waals surface area contributed by atoms with Crippen LogP contribution in [-0.4, -0.2) is 30.0 Å². The van der Waals surface area contributed by atoms with Crippen LogP contribution in [0.5, 0.6) is 0 Å². The largest absolute Gasteiger partial charge is 0.390 e. The Balaban J connectivity index is 2.48. The van der Waals surface area contributed by atoms with Gasteiger partial charge in [-0.15, -0.1) is 0 Å². The van der Waals surface area contributed by atoms with E-state index in [1.165, 1.54) is 0 Å². The van der Waals surface area contributed by atoms with E-state index in [9.17, 15) is 9.90 Å². The first-order valence-corrected chi connectivity index (χ1v) is 7.41. The summed E-state index contributed by atoms with van der Waals surface area (Å²) in [6.45, 7) is 4.28. The van der Waals surface area contributed by atoms with Crippen molar-refractivity contribution in [3.8, 4) is 0 Å². The summed E-state index contributed by atoms with van der Waals surface area (Å²) in [5.74, 6) is 0. The Hall–Kier alpha value is -1.59. The van der Waals surface area contributed by atoms with Gasteiger partial charge in [-0.3, -0.25) is 0 Å². The summed E-state index contributed by atoms with van der Waals surface area (Å²) in [6, 6.07) is 7.08. The number of nitrogens with two attached hydrogens (primary N) is 1. The van der Waals surface area contributed by atoms with Gasteiger partial charge in [0.25, 0.3) is 0 Å². The molecule has 21 heavy (non-hydrogen) atoms. The van der Waals surface area contributed by atoms with Crippen LogP contribution in [0.3, 0.4) is 0 Å². The summed E-state index contributed by atoms with van der Waals surface area (Å²) in [4.78, 5) is 11.5. The molecule has 2 amide bonds. The lowest BCUT2D eigenvalue weighted by Gasteiger charge is -2.45. The number of primary amides is 1. The predicted molar refractivity (Wildman–Crippen MR) is 80.8 cm³/mol. The first-order chi connectivity index (χ1) is 9.96. The Bertz CT molecular complexity index is 481. The van der Waals surface area contributed by atoms with E-state index in [0.717, 1.165) is 30.4 Å². The van der Waals surface area contributed by atoms with Gasteiger partial charge in [-0.1, -0.05) is 29.8 Å². The van der Waals surface area contributed by atoms with Gasteiger partial charge >= 0.3 is 6.03 Å². The van der Waals surface area contributed by atoms with Crippen LogP contribution in [0.1, 0.15) is 37.3 Å².